The number of rotatable bonds is 1. The molecule has 0 bridgehead atoms. The van der Waals surface area contributed by atoms with Gasteiger partial charge in [0.1, 0.15) is 0 Å². The summed E-state index contributed by atoms with van der Waals surface area (Å²) in [5, 5.41) is 5.46. The molecule has 0 fully saturated rings. The summed E-state index contributed by atoms with van der Waals surface area (Å²) in [5.74, 6) is 0. The molecular weight excluding hydrogens is 214 g/mol. The van der Waals surface area contributed by atoms with Crippen molar-refractivity contribution in [3.8, 4) is 11.1 Å². The van der Waals surface area contributed by atoms with E-state index in [1.54, 1.807) is 11.3 Å². The van der Waals surface area contributed by atoms with Crippen molar-refractivity contribution >= 4 is 22.2 Å². The van der Waals surface area contributed by atoms with Gasteiger partial charge in [0, 0.05) is 17.1 Å². The van der Waals surface area contributed by atoms with Gasteiger partial charge >= 0.3 is 0 Å². The van der Waals surface area contributed by atoms with Gasteiger partial charge in [-0.2, -0.15) is 11.3 Å². The van der Waals surface area contributed by atoms with Gasteiger partial charge in [-0.1, -0.05) is 11.6 Å². The summed E-state index contributed by atoms with van der Waals surface area (Å²) in [6.07, 6.45) is 1.94. The second kappa shape index (κ2) is 3.72. The van der Waals surface area contributed by atoms with Crippen LogP contribution < -0.4 is 0 Å². The molecule has 0 saturated heterocycles. The minimum Gasteiger partial charge on any atom is -0.256 e. The largest absolute Gasteiger partial charge is 0.256 e. The summed E-state index contributed by atoms with van der Waals surface area (Å²) in [5.41, 5.74) is 4.78. The van der Waals surface area contributed by atoms with Gasteiger partial charge < -0.3 is 0 Å². The maximum Gasteiger partial charge on any atom is 0.0702 e. The molecule has 2 heteroatoms. The Bertz CT molecular complexity index is 626. The normalized spacial score (nSPS) is 10.8. The van der Waals surface area contributed by atoms with Crippen molar-refractivity contribution in [2.24, 2.45) is 0 Å². The maximum atomic E-state index is 4.48. The molecule has 16 heavy (non-hydrogen) atoms. The molecule has 0 amide bonds. The lowest BCUT2D eigenvalue weighted by atomic mass is 10.1. The molecule has 1 nitrogen and oxygen atoms in total. The Balaban J connectivity index is 2.22. The molecule has 0 aliphatic heterocycles. The minimum atomic E-state index is 1.06. The van der Waals surface area contributed by atoms with Crippen LogP contribution in [0.2, 0.25) is 0 Å². The van der Waals surface area contributed by atoms with Gasteiger partial charge in [0.05, 0.1) is 5.52 Å². The molecule has 0 unspecified atom stereocenters. The third-order valence-corrected chi connectivity index (χ3v) is 3.37. The molecule has 1 aromatic carbocycles. The first kappa shape index (κ1) is 9.55. The standard InChI is InChI=1S/C14H11NS/c1-10-2-3-14-12(6-10)7-13(8-15-14)11-4-5-16-9-11/h2-9H,1H3. The maximum absolute atomic E-state index is 4.48. The average Bonchev–Trinajstić information content (AvgIpc) is 2.81. The SMILES string of the molecule is Cc1ccc2ncc(-c3ccsc3)cc2c1. The number of fused-ring (bicyclic) bond motifs is 1. The third-order valence-electron chi connectivity index (χ3n) is 2.69. The summed E-state index contributed by atoms with van der Waals surface area (Å²) in [6.45, 7) is 2.11. The number of nitrogens with zero attached hydrogens (tertiary/aromatic N) is 1. The van der Waals surface area contributed by atoms with E-state index in [0.717, 1.165) is 5.52 Å². The van der Waals surface area contributed by atoms with Crippen LogP contribution in [0.3, 0.4) is 0 Å². The van der Waals surface area contributed by atoms with Crippen LogP contribution in [0.25, 0.3) is 22.0 Å². The van der Waals surface area contributed by atoms with Gasteiger partial charge in [-0.05, 0) is 47.5 Å². The Morgan fingerprint density at radius 1 is 1.06 bits per heavy atom. The number of aromatic nitrogens is 1. The van der Waals surface area contributed by atoms with Crippen molar-refractivity contribution in [3.63, 3.8) is 0 Å². The Labute approximate surface area is 98.4 Å². The zero-order valence-electron chi connectivity index (χ0n) is 8.97. The molecule has 3 rings (SSSR count). The van der Waals surface area contributed by atoms with E-state index in [9.17, 15) is 0 Å². The highest BCUT2D eigenvalue weighted by molar-refractivity contribution is 7.08. The molecule has 0 N–H and O–H groups in total. The molecule has 2 heterocycles. The number of hydrogen-bond acceptors (Lipinski definition) is 2. The third kappa shape index (κ3) is 1.61. The van der Waals surface area contributed by atoms with Crippen LogP contribution in [0, 0.1) is 6.92 Å². The van der Waals surface area contributed by atoms with Crippen molar-refractivity contribution in [1.29, 1.82) is 0 Å². The second-order valence-electron chi connectivity index (χ2n) is 3.93. The van der Waals surface area contributed by atoms with E-state index in [2.05, 4.69) is 53.0 Å². The highest BCUT2D eigenvalue weighted by atomic mass is 32.1. The summed E-state index contributed by atoms with van der Waals surface area (Å²) in [7, 11) is 0. The first-order valence-corrected chi connectivity index (χ1v) is 6.16. The smallest absolute Gasteiger partial charge is 0.0702 e. The van der Waals surface area contributed by atoms with Crippen LogP contribution in [0.5, 0.6) is 0 Å². The molecule has 0 radical (unpaired) electrons. The van der Waals surface area contributed by atoms with Gasteiger partial charge in [-0.25, -0.2) is 0 Å². The topological polar surface area (TPSA) is 12.9 Å². The summed E-state index contributed by atoms with van der Waals surface area (Å²) < 4.78 is 0. The van der Waals surface area contributed by atoms with Crippen molar-refractivity contribution in [2.75, 3.05) is 0 Å². The van der Waals surface area contributed by atoms with E-state index in [1.165, 1.54) is 22.1 Å². The molecular formula is C14H11NS. The van der Waals surface area contributed by atoms with Crippen molar-refractivity contribution in [2.45, 2.75) is 6.92 Å². The fraction of sp³-hybridized carbons (Fsp3) is 0.0714. The first-order valence-electron chi connectivity index (χ1n) is 5.22. The molecule has 78 valence electrons. The number of pyridine rings is 1. The van der Waals surface area contributed by atoms with Gasteiger partial charge in [0.25, 0.3) is 0 Å². The van der Waals surface area contributed by atoms with Gasteiger partial charge in [0.15, 0.2) is 0 Å². The quantitative estimate of drug-likeness (QED) is 0.602. The molecule has 0 spiro atoms. The van der Waals surface area contributed by atoms with Crippen molar-refractivity contribution < 1.29 is 0 Å². The lowest BCUT2D eigenvalue weighted by Gasteiger charge is -2.02. The van der Waals surface area contributed by atoms with E-state index in [1.807, 2.05) is 6.20 Å². The Hall–Kier alpha value is -1.67. The summed E-state index contributed by atoms with van der Waals surface area (Å²) in [6, 6.07) is 10.7. The first-order chi connectivity index (χ1) is 7.83. The van der Waals surface area contributed by atoms with Crippen molar-refractivity contribution in [1.82, 2.24) is 4.98 Å². The predicted octanol–water partition coefficient (Wildman–Crippen LogP) is 4.27. The Kier molecular flexibility index (Phi) is 2.22. The predicted molar refractivity (Wildman–Crippen MR) is 69.8 cm³/mol. The van der Waals surface area contributed by atoms with Crippen LogP contribution >= 0.6 is 11.3 Å². The fourth-order valence-corrected chi connectivity index (χ4v) is 2.50. The Morgan fingerprint density at radius 3 is 2.81 bits per heavy atom. The van der Waals surface area contributed by atoms with E-state index in [-0.39, 0.29) is 0 Å². The molecule has 0 saturated carbocycles. The van der Waals surface area contributed by atoms with Crippen molar-refractivity contribution in [3.05, 3.63) is 52.9 Å². The average molecular weight is 225 g/mol. The minimum absolute atomic E-state index is 1.06. The van der Waals surface area contributed by atoms with E-state index >= 15 is 0 Å². The molecule has 0 aliphatic rings. The molecule has 0 atom stereocenters. The van der Waals surface area contributed by atoms with Gasteiger partial charge in [0.2, 0.25) is 0 Å². The van der Waals surface area contributed by atoms with E-state index < -0.39 is 0 Å². The molecule has 2 aromatic heterocycles. The number of hydrogen-bond donors (Lipinski definition) is 0. The fourth-order valence-electron chi connectivity index (χ4n) is 1.84. The zero-order valence-corrected chi connectivity index (χ0v) is 9.79. The zero-order chi connectivity index (χ0) is 11.0. The highest BCUT2D eigenvalue weighted by Gasteiger charge is 2.01. The summed E-state index contributed by atoms with van der Waals surface area (Å²) >= 11 is 1.72. The molecule has 0 aliphatic carbocycles. The van der Waals surface area contributed by atoms with Gasteiger partial charge in [-0.3, -0.25) is 4.98 Å². The second-order valence-corrected chi connectivity index (χ2v) is 4.71. The van der Waals surface area contributed by atoms with Gasteiger partial charge in [-0.15, -0.1) is 0 Å². The van der Waals surface area contributed by atoms with E-state index in [0.29, 0.717) is 0 Å². The molecule has 3 aromatic rings. The lowest BCUT2D eigenvalue weighted by molar-refractivity contribution is 1.39. The van der Waals surface area contributed by atoms with Crippen LogP contribution in [0.4, 0.5) is 0 Å². The van der Waals surface area contributed by atoms with Crippen LogP contribution in [-0.2, 0) is 0 Å². The van der Waals surface area contributed by atoms with E-state index in [4.69, 9.17) is 0 Å². The van der Waals surface area contributed by atoms with Crippen LogP contribution in [0.15, 0.2) is 47.3 Å². The number of aryl methyl sites for hydroxylation is 1. The number of benzene rings is 1. The Morgan fingerprint density at radius 2 is 2.00 bits per heavy atom. The highest BCUT2D eigenvalue weighted by Crippen LogP contribution is 2.24. The monoisotopic (exact) mass is 225 g/mol. The van der Waals surface area contributed by atoms with Crippen LogP contribution in [0.1, 0.15) is 5.56 Å². The summed E-state index contributed by atoms with van der Waals surface area (Å²) in [4.78, 5) is 4.48. The lowest BCUT2D eigenvalue weighted by Crippen LogP contribution is -1.82. The van der Waals surface area contributed by atoms with Crippen LogP contribution in [-0.4, -0.2) is 4.98 Å². The number of thiophene rings is 1.